The molecule has 1 aliphatic rings. The van der Waals surface area contributed by atoms with Crippen molar-refractivity contribution in [2.75, 3.05) is 43.1 Å². The molecular weight excluding hydrogens is 541 g/mol. The van der Waals surface area contributed by atoms with Gasteiger partial charge in [0.1, 0.15) is 22.3 Å². The maximum absolute atomic E-state index is 13.4. The quantitative estimate of drug-likeness (QED) is 0.320. The van der Waals surface area contributed by atoms with Crippen LogP contribution in [0.1, 0.15) is 12.6 Å². The first-order valence-electron chi connectivity index (χ1n) is 11.7. The molecule has 1 fully saturated rings. The summed E-state index contributed by atoms with van der Waals surface area (Å²) in [5.41, 5.74) is 0.397. The molecule has 0 bridgehead atoms. The van der Waals surface area contributed by atoms with Crippen molar-refractivity contribution < 1.29 is 27.1 Å². The SMILES string of the molecule is CCNC(=O)Nc1cc(-c2nc(C(F)(F)F)cs2)c(-c2cc(-c3n[nH]c(=O)o3)nc(N3CCOCC3)c2)cn1. The van der Waals surface area contributed by atoms with Crippen LogP contribution in [0.5, 0.6) is 0 Å². The fourth-order valence-electron chi connectivity index (χ4n) is 3.85. The average Bonchev–Trinajstić information content (AvgIpc) is 3.59. The molecule has 0 atom stereocenters. The fourth-order valence-corrected chi connectivity index (χ4v) is 4.71. The van der Waals surface area contributed by atoms with Gasteiger partial charge in [0.2, 0.25) is 0 Å². The minimum absolute atomic E-state index is 0.0611. The summed E-state index contributed by atoms with van der Waals surface area (Å²) in [5.74, 6) is -0.198. The third kappa shape index (κ3) is 5.91. The highest BCUT2D eigenvalue weighted by Crippen LogP contribution is 2.39. The van der Waals surface area contributed by atoms with E-state index in [-0.39, 0.29) is 22.4 Å². The lowest BCUT2D eigenvalue weighted by molar-refractivity contribution is -0.140. The van der Waals surface area contributed by atoms with Crippen LogP contribution in [0.3, 0.4) is 0 Å². The number of alkyl halides is 3. The first-order chi connectivity index (χ1) is 18.7. The minimum Gasteiger partial charge on any atom is -0.386 e. The molecule has 1 saturated heterocycles. The van der Waals surface area contributed by atoms with Crippen LogP contribution in [-0.4, -0.2) is 64.0 Å². The van der Waals surface area contributed by atoms with Gasteiger partial charge in [-0.15, -0.1) is 16.4 Å². The predicted molar refractivity (Wildman–Crippen MR) is 135 cm³/mol. The molecule has 0 aliphatic carbocycles. The van der Waals surface area contributed by atoms with Crippen LogP contribution in [0.2, 0.25) is 0 Å². The van der Waals surface area contributed by atoms with Crippen LogP contribution in [0.4, 0.5) is 29.6 Å². The molecule has 4 aromatic heterocycles. The molecule has 2 amide bonds. The Hall–Kier alpha value is -4.31. The normalized spacial score (nSPS) is 13.9. The standard InChI is InChI=1S/C23H21F3N8O4S/c1-2-27-21(35)31-17-9-13(20-30-16(11-39-20)23(24,25)26)14(10-28-17)12-7-15(19-32-33-22(36)38-19)29-18(8-12)34-3-5-37-6-4-34/h7-11H,2-6H2,1H3,(H,33,36)(H2,27,28,31,35). The van der Waals surface area contributed by atoms with E-state index in [4.69, 9.17) is 9.15 Å². The maximum Gasteiger partial charge on any atom is 0.434 e. The van der Waals surface area contributed by atoms with Crippen LogP contribution in [0.25, 0.3) is 33.3 Å². The number of hydrogen-bond donors (Lipinski definition) is 3. The number of carbonyl (C=O) groups is 1. The zero-order chi connectivity index (χ0) is 27.6. The second-order valence-electron chi connectivity index (χ2n) is 8.25. The van der Waals surface area contributed by atoms with Gasteiger partial charge in [-0.05, 0) is 30.7 Å². The van der Waals surface area contributed by atoms with Crippen molar-refractivity contribution in [2.24, 2.45) is 0 Å². The zero-order valence-electron chi connectivity index (χ0n) is 20.3. The number of nitrogens with one attached hydrogen (secondary N) is 3. The van der Waals surface area contributed by atoms with E-state index in [0.29, 0.717) is 55.4 Å². The summed E-state index contributed by atoms with van der Waals surface area (Å²) < 4.78 is 50.7. The molecule has 0 radical (unpaired) electrons. The van der Waals surface area contributed by atoms with E-state index in [9.17, 15) is 22.8 Å². The Bertz CT molecular complexity index is 1540. The largest absolute Gasteiger partial charge is 0.434 e. The van der Waals surface area contributed by atoms with Crippen LogP contribution >= 0.6 is 11.3 Å². The van der Waals surface area contributed by atoms with Crippen LogP contribution in [-0.2, 0) is 10.9 Å². The van der Waals surface area contributed by atoms with Crippen molar-refractivity contribution in [1.82, 2.24) is 30.5 Å². The molecular formula is C23H21F3N8O4S. The molecule has 0 unspecified atom stereocenters. The van der Waals surface area contributed by atoms with Crippen molar-refractivity contribution in [1.29, 1.82) is 0 Å². The number of aromatic amines is 1. The molecule has 3 N–H and O–H groups in total. The molecule has 4 aromatic rings. The molecule has 5 rings (SSSR count). The Morgan fingerprint density at radius 2 is 1.97 bits per heavy atom. The summed E-state index contributed by atoms with van der Waals surface area (Å²) >= 11 is 0.805. The monoisotopic (exact) mass is 562 g/mol. The molecule has 204 valence electrons. The van der Waals surface area contributed by atoms with E-state index in [0.717, 1.165) is 16.7 Å². The minimum atomic E-state index is -4.63. The average molecular weight is 563 g/mol. The number of anilines is 2. The number of carbonyl (C=O) groups excluding carboxylic acids is 1. The molecule has 5 heterocycles. The van der Waals surface area contributed by atoms with E-state index in [1.165, 1.54) is 12.3 Å². The Labute approximate surface area is 222 Å². The number of halogens is 3. The van der Waals surface area contributed by atoms with Crippen LogP contribution in [0, 0.1) is 0 Å². The first-order valence-corrected chi connectivity index (χ1v) is 12.6. The summed E-state index contributed by atoms with van der Waals surface area (Å²) in [5, 5.41) is 12.2. The molecule has 0 spiro atoms. The summed E-state index contributed by atoms with van der Waals surface area (Å²) in [6.45, 7) is 4.15. The van der Waals surface area contributed by atoms with Crippen LogP contribution in [0.15, 0.2) is 39.0 Å². The highest BCUT2D eigenvalue weighted by atomic mass is 32.1. The van der Waals surface area contributed by atoms with Gasteiger partial charge in [0.25, 0.3) is 5.89 Å². The van der Waals surface area contributed by atoms with E-state index in [1.807, 2.05) is 4.90 Å². The van der Waals surface area contributed by atoms with E-state index in [1.54, 1.807) is 19.1 Å². The number of aromatic nitrogens is 5. The molecule has 16 heteroatoms. The van der Waals surface area contributed by atoms with Crippen molar-refractivity contribution in [2.45, 2.75) is 13.1 Å². The Kier molecular flexibility index (Phi) is 7.30. The van der Waals surface area contributed by atoms with Gasteiger partial charge in [0.05, 0.1) is 13.2 Å². The smallest absolute Gasteiger partial charge is 0.386 e. The Morgan fingerprint density at radius 3 is 2.64 bits per heavy atom. The molecule has 1 aliphatic heterocycles. The van der Waals surface area contributed by atoms with Gasteiger partial charge in [0.15, 0.2) is 5.69 Å². The van der Waals surface area contributed by atoms with Crippen molar-refractivity contribution in [3.8, 4) is 33.3 Å². The molecule has 39 heavy (non-hydrogen) atoms. The highest BCUT2D eigenvalue weighted by molar-refractivity contribution is 7.13. The van der Waals surface area contributed by atoms with Gasteiger partial charge < -0.3 is 19.4 Å². The number of nitrogens with zero attached hydrogens (tertiary/aromatic N) is 5. The second kappa shape index (κ2) is 10.8. The number of hydrogen-bond acceptors (Lipinski definition) is 10. The number of rotatable bonds is 6. The maximum atomic E-state index is 13.4. The third-order valence-electron chi connectivity index (χ3n) is 5.62. The molecule has 0 aromatic carbocycles. The molecule has 0 saturated carbocycles. The lowest BCUT2D eigenvalue weighted by atomic mass is 10.0. The number of morpholine rings is 1. The molecule has 12 nitrogen and oxygen atoms in total. The number of ether oxygens (including phenoxy) is 1. The number of thiazole rings is 1. The topological polar surface area (TPSA) is 151 Å². The van der Waals surface area contributed by atoms with Gasteiger partial charge in [0, 0.05) is 42.3 Å². The van der Waals surface area contributed by atoms with E-state index < -0.39 is 23.7 Å². The predicted octanol–water partition coefficient (Wildman–Crippen LogP) is 3.61. The summed E-state index contributed by atoms with van der Waals surface area (Å²) in [6, 6.07) is 4.26. The van der Waals surface area contributed by atoms with Crippen molar-refractivity contribution in [3.63, 3.8) is 0 Å². The number of H-pyrrole nitrogens is 1. The van der Waals surface area contributed by atoms with E-state index in [2.05, 4.69) is 35.8 Å². The lowest BCUT2D eigenvalue weighted by Gasteiger charge is -2.28. The van der Waals surface area contributed by atoms with Gasteiger partial charge in [-0.3, -0.25) is 5.32 Å². The number of amides is 2. The fraction of sp³-hybridized carbons (Fsp3) is 0.304. The zero-order valence-corrected chi connectivity index (χ0v) is 21.1. The van der Waals surface area contributed by atoms with Gasteiger partial charge in [-0.25, -0.2) is 29.6 Å². The summed E-state index contributed by atoms with van der Waals surface area (Å²) in [7, 11) is 0. The first kappa shape index (κ1) is 26.3. The number of urea groups is 1. The Morgan fingerprint density at radius 1 is 1.18 bits per heavy atom. The Balaban J connectivity index is 1.66. The second-order valence-corrected chi connectivity index (χ2v) is 9.11. The third-order valence-corrected chi connectivity index (χ3v) is 6.50. The number of pyridine rings is 2. The summed E-state index contributed by atoms with van der Waals surface area (Å²) in [6.07, 6.45) is -3.21. The van der Waals surface area contributed by atoms with Crippen molar-refractivity contribution in [3.05, 3.63) is 46.0 Å². The highest BCUT2D eigenvalue weighted by Gasteiger charge is 2.34. The van der Waals surface area contributed by atoms with Crippen LogP contribution < -0.4 is 21.3 Å². The van der Waals surface area contributed by atoms with E-state index >= 15 is 0 Å². The lowest BCUT2D eigenvalue weighted by Crippen LogP contribution is -2.36. The summed E-state index contributed by atoms with van der Waals surface area (Å²) in [4.78, 5) is 38.4. The van der Waals surface area contributed by atoms with Gasteiger partial charge >= 0.3 is 18.0 Å². The van der Waals surface area contributed by atoms with Crippen molar-refractivity contribution >= 4 is 29.0 Å². The van der Waals surface area contributed by atoms with Gasteiger partial charge in [-0.2, -0.15) is 13.2 Å². The van der Waals surface area contributed by atoms with Gasteiger partial charge in [-0.1, -0.05) is 0 Å².